The monoisotopic (exact) mass is 826 g/mol. The average molecular weight is 826 g/mol. The first-order valence-corrected chi connectivity index (χ1v) is 24.7. The molecule has 2 unspecified atom stereocenters. The minimum absolute atomic E-state index is 0.0330. The number of carbonyl (C=O) groups is 2. The third-order valence-corrected chi connectivity index (χ3v) is 10.8. The van der Waals surface area contributed by atoms with E-state index in [1.807, 2.05) is 21.1 Å². The van der Waals surface area contributed by atoms with Crippen LogP contribution in [0.1, 0.15) is 200 Å². The minimum atomic E-state index is -4.63. The third kappa shape index (κ3) is 43.6. The molecule has 2 atom stereocenters. The Hall–Kier alpha value is -1.77. The van der Waals surface area contributed by atoms with Crippen LogP contribution >= 0.6 is 7.82 Å². The largest absolute Gasteiger partial charge is 0.756 e. The van der Waals surface area contributed by atoms with Gasteiger partial charge in [0.05, 0.1) is 27.7 Å². The fraction of sp³-hybridized carbons (Fsp3) is 0.830. The summed E-state index contributed by atoms with van der Waals surface area (Å²) in [5.74, 6) is -0.848. The van der Waals surface area contributed by atoms with E-state index >= 15 is 0 Å². The van der Waals surface area contributed by atoms with Gasteiger partial charge in [0.25, 0.3) is 7.82 Å². The number of hydrogen-bond donors (Lipinski definition) is 0. The SMILES string of the molecule is CCCCC/C=C\CCCCCCCC(=O)OCC(COP(=O)([O-])OCC[N+](C)(C)C)OC(=O)CCCCCCCCCCC/C=C\C/C=C\CCCCCCC. The normalized spacial score (nSPS) is 13.9. The van der Waals surface area contributed by atoms with Crippen molar-refractivity contribution in [3.63, 3.8) is 0 Å². The zero-order chi connectivity index (χ0) is 42.1. The first-order chi connectivity index (χ1) is 27.5. The predicted molar refractivity (Wildman–Crippen MR) is 236 cm³/mol. The van der Waals surface area contributed by atoms with E-state index in [2.05, 4.69) is 50.3 Å². The number of nitrogens with zero attached hydrogens (tertiary/aromatic N) is 1. The number of unbranched alkanes of at least 4 members (excludes halogenated alkanes) is 22. The van der Waals surface area contributed by atoms with Crippen molar-refractivity contribution < 1.29 is 42.1 Å². The number of carbonyl (C=O) groups excluding carboxylic acids is 2. The number of rotatable bonds is 42. The average Bonchev–Trinajstić information content (AvgIpc) is 3.16. The molecule has 0 aliphatic carbocycles. The zero-order valence-corrected chi connectivity index (χ0v) is 38.4. The highest BCUT2D eigenvalue weighted by Crippen LogP contribution is 2.38. The lowest BCUT2D eigenvalue weighted by atomic mass is 10.1. The Morgan fingerprint density at radius 1 is 0.544 bits per heavy atom. The van der Waals surface area contributed by atoms with Crippen LogP contribution in [0.2, 0.25) is 0 Å². The summed E-state index contributed by atoms with van der Waals surface area (Å²) in [4.78, 5) is 37.5. The van der Waals surface area contributed by atoms with Gasteiger partial charge in [-0.05, 0) is 70.6 Å². The van der Waals surface area contributed by atoms with E-state index in [0.29, 0.717) is 17.4 Å². The summed E-state index contributed by atoms with van der Waals surface area (Å²) in [5, 5.41) is 0. The lowest BCUT2D eigenvalue weighted by Crippen LogP contribution is -2.37. The van der Waals surface area contributed by atoms with Gasteiger partial charge in [0, 0.05) is 12.8 Å². The van der Waals surface area contributed by atoms with Crippen LogP contribution in [0.25, 0.3) is 0 Å². The number of esters is 2. The molecule has 0 aliphatic rings. The molecule has 0 saturated carbocycles. The summed E-state index contributed by atoms with van der Waals surface area (Å²) < 4.78 is 33.9. The first-order valence-electron chi connectivity index (χ1n) is 23.2. The molecule has 0 radical (unpaired) electrons. The molecule has 0 spiro atoms. The Morgan fingerprint density at radius 3 is 1.44 bits per heavy atom. The molecular formula is C47H88NO8P. The summed E-state index contributed by atoms with van der Waals surface area (Å²) in [6.07, 6.45) is 44.5. The topological polar surface area (TPSA) is 111 Å². The van der Waals surface area contributed by atoms with Gasteiger partial charge in [-0.25, -0.2) is 0 Å². The van der Waals surface area contributed by atoms with E-state index in [4.69, 9.17) is 18.5 Å². The molecule has 0 bridgehead atoms. The summed E-state index contributed by atoms with van der Waals surface area (Å²) in [7, 11) is 1.16. The molecule has 0 saturated heterocycles. The Kier molecular flexibility index (Phi) is 38.4. The molecule has 0 amide bonds. The third-order valence-electron chi connectivity index (χ3n) is 9.88. The van der Waals surface area contributed by atoms with Crippen molar-refractivity contribution in [1.29, 1.82) is 0 Å². The van der Waals surface area contributed by atoms with Crippen molar-refractivity contribution in [1.82, 2.24) is 0 Å². The van der Waals surface area contributed by atoms with E-state index in [-0.39, 0.29) is 26.1 Å². The molecule has 0 aromatic carbocycles. The van der Waals surface area contributed by atoms with Gasteiger partial charge >= 0.3 is 11.9 Å². The van der Waals surface area contributed by atoms with Crippen LogP contribution in [0.5, 0.6) is 0 Å². The molecule has 0 aromatic heterocycles. The quantitative estimate of drug-likeness (QED) is 0.0197. The number of phosphoric ester groups is 1. The maximum atomic E-state index is 12.7. The summed E-state index contributed by atoms with van der Waals surface area (Å²) in [5.41, 5.74) is 0. The van der Waals surface area contributed by atoms with E-state index in [0.717, 1.165) is 70.6 Å². The van der Waals surface area contributed by atoms with Crippen LogP contribution in [0, 0.1) is 0 Å². The van der Waals surface area contributed by atoms with Crippen molar-refractivity contribution in [2.24, 2.45) is 0 Å². The van der Waals surface area contributed by atoms with Crippen LogP contribution in [-0.2, 0) is 32.7 Å². The number of quaternary nitrogens is 1. The molecule has 57 heavy (non-hydrogen) atoms. The van der Waals surface area contributed by atoms with Gasteiger partial charge in [0.2, 0.25) is 0 Å². The molecule has 0 heterocycles. The molecule has 0 fully saturated rings. The molecule has 9 nitrogen and oxygen atoms in total. The molecule has 334 valence electrons. The van der Waals surface area contributed by atoms with E-state index < -0.39 is 32.5 Å². The summed E-state index contributed by atoms with van der Waals surface area (Å²) in [6, 6.07) is 0. The highest BCUT2D eigenvalue weighted by Gasteiger charge is 2.21. The van der Waals surface area contributed by atoms with Gasteiger partial charge in [-0.1, -0.05) is 153 Å². The van der Waals surface area contributed by atoms with E-state index in [9.17, 15) is 19.0 Å². The fourth-order valence-corrected chi connectivity index (χ4v) is 6.94. The van der Waals surface area contributed by atoms with E-state index in [1.54, 1.807) is 0 Å². The van der Waals surface area contributed by atoms with Gasteiger partial charge in [0.15, 0.2) is 6.10 Å². The predicted octanol–water partition coefficient (Wildman–Crippen LogP) is 12.7. The Balaban J connectivity index is 4.29. The Labute approximate surface area is 351 Å². The number of likely N-dealkylation sites (N-methyl/N-ethyl adjacent to an activating group) is 1. The molecule has 0 N–H and O–H groups in total. The van der Waals surface area contributed by atoms with Crippen molar-refractivity contribution in [3.05, 3.63) is 36.5 Å². The van der Waals surface area contributed by atoms with E-state index in [1.165, 1.54) is 96.3 Å². The molecule has 0 aliphatic heterocycles. The Bertz CT molecular complexity index is 1070. The van der Waals surface area contributed by atoms with Gasteiger partial charge in [-0.2, -0.15) is 0 Å². The van der Waals surface area contributed by atoms with Crippen LogP contribution in [0.3, 0.4) is 0 Å². The summed E-state index contributed by atoms with van der Waals surface area (Å²) in [6.45, 7) is 4.18. The molecule has 0 aromatic rings. The first kappa shape index (κ1) is 55.2. The second-order valence-electron chi connectivity index (χ2n) is 16.8. The van der Waals surface area contributed by atoms with Crippen LogP contribution in [-0.4, -0.2) is 70.0 Å². The maximum Gasteiger partial charge on any atom is 0.306 e. The Morgan fingerprint density at radius 2 is 0.947 bits per heavy atom. The van der Waals surface area contributed by atoms with Gasteiger partial charge < -0.3 is 27.9 Å². The second kappa shape index (κ2) is 39.7. The lowest BCUT2D eigenvalue weighted by Gasteiger charge is -2.28. The van der Waals surface area contributed by atoms with Gasteiger partial charge in [-0.15, -0.1) is 0 Å². The molecular weight excluding hydrogens is 737 g/mol. The molecule has 10 heteroatoms. The number of hydrogen-bond acceptors (Lipinski definition) is 8. The second-order valence-corrected chi connectivity index (χ2v) is 18.2. The minimum Gasteiger partial charge on any atom is -0.756 e. The lowest BCUT2D eigenvalue weighted by molar-refractivity contribution is -0.870. The van der Waals surface area contributed by atoms with Crippen molar-refractivity contribution in [2.75, 3.05) is 47.5 Å². The highest BCUT2D eigenvalue weighted by atomic mass is 31.2. The van der Waals surface area contributed by atoms with Gasteiger partial charge in [-0.3, -0.25) is 14.2 Å². The van der Waals surface area contributed by atoms with Crippen LogP contribution in [0.4, 0.5) is 0 Å². The standard InChI is InChI=1S/C47H88NO8P/c1-6-8-10-12-14-16-18-20-21-22-23-24-25-26-27-28-30-32-34-36-38-40-47(50)56-45(44-55-57(51,52)54-42-41-48(3,4)5)43-53-46(49)39-37-35-33-31-29-19-17-15-13-11-9-7-2/h15,17-18,20,22-23,45H,6-14,16,19,21,24-44H2,1-5H3/b17-15-,20-18-,23-22-. The number of allylic oxidation sites excluding steroid dienone is 6. The zero-order valence-electron chi connectivity index (χ0n) is 37.5. The highest BCUT2D eigenvalue weighted by molar-refractivity contribution is 7.45. The molecule has 0 rings (SSSR count). The van der Waals surface area contributed by atoms with Crippen molar-refractivity contribution >= 4 is 19.8 Å². The summed E-state index contributed by atoms with van der Waals surface area (Å²) >= 11 is 0. The van der Waals surface area contributed by atoms with Crippen molar-refractivity contribution in [2.45, 2.75) is 206 Å². The van der Waals surface area contributed by atoms with Crippen LogP contribution in [0.15, 0.2) is 36.5 Å². The number of phosphoric acid groups is 1. The van der Waals surface area contributed by atoms with Crippen molar-refractivity contribution in [3.8, 4) is 0 Å². The van der Waals surface area contributed by atoms with Crippen LogP contribution < -0.4 is 4.89 Å². The van der Waals surface area contributed by atoms with Gasteiger partial charge in [0.1, 0.15) is 19.8 Å². The smallest absolute Gasteiger partial charge is 0.306 e. The fourth-order valence-electron chi connectivity index (χ4n) is 6.21. The number of ether oxygens (including phenoxy) is 2. The maximum absolute atomic E-state index is 12.7.